The Morgan fingerprint density at radius 1 is 1.28 bits per heavy atom. The molecule has 0 aromatic carbocycles. The van der Waals surface area contributed by atoms with Gasteiger partial charge in [-0.25, -0.2) is 4.98 Å². The summed E-state index contributed by atoms with van der Waals surface area (Å²) in [7, 11) is 0. The summed E-state index contributed by atoms with van der Waals surface area (Å²) < 4.78 is 5.43. The molecule has 0 bridgehead atoms. The first kappa shape index (κ1) is 12.0. The second kappa shape index (κ2) is 5.72. The molecule has 2 aromatic heterocycles. The highest BCUT2D eigenvalue weighted by molar-refractivity contribution is 5.93. The number of hydrogen-bond acceptors (Lipinski definition) is 5. The van der Waals surface area contributed by atoms with E-state index in [0.29, 0.717) is 11.6 Å². The maximum atomic E-state index is 11.8. The Balaban J connectivity index is 1.93. The van der Waals surface area contributed by atoms with Gasteiger partial charge in [-0.15, -0.1) is 0 Å². The molecule has 2 heterocycles. The van der Waals surface area contributed by atoms with Crippen LogP contribution in [0.1, 0.15) is 6.92 Å². The molecule has 2 rings (SSSR count). The van der Waals surface area contributed by atoms with E-state index in [9.17, 15) is 4.79 Å². The fourth-order valence-electron chi connectivity index (χ4n) is 1.27. The van der Waals surface area contributed by atoms with Gasteiger partial charge >= 0.3 is 0 Å². The first-order valence-corrected chi connectivity index (χ1v) is 5.39. The minimum Gasteiger partial charge on any atom is -0.479 e. The molecule has 0 aliphatic rings. The number of amides is 1. The lowest BCUT2D eigenvalue weighted by Gasteiger charge is -2.13. The van der Waals surface area contributed by atoms with Crippen molar-refractivity contribution in [3.63, 3.8) is 0 Å². The van der Waals surface area contributed by atoms with Crippen LogP contribution in [0.25, 0.3) is 0 Å². The third-order valence-electron chi connectivity index (χ3n) is 2.13. The van der Waals surface area contributed by atoms with Crippen LogP contribution in [0, 0.1) is 0 Å². The van der Waals surface area contributed by atoms with Crippen molar-refractivity contribution in [2.45, 2.75) is 13.0 Å². The molecule has 1 unspecified atom stereocenters. The Kier molecular flexibility index (Phi) is 3.80. The van der Waals surface area contributed by atoms with Crippen molar-refractivity contribution in [1.82, 2.24) is 15.0 Å². The molecule has 0 aliphatic carbocycles. The predicted octanol–water partition coefficient (Wildman–Crippen LogP) is 1.28. The lowest BCUT2D eigenvalue weighted by atomic mass is 10.3. The molecule has 92 valence electrons. The van der Waals surface area contributed by atoms with Gasteiger partial charge in [-0.05, 0) is 19.1 Å². The number of carbonyl (C=O) groups is 1. The van der Waals surface area contributed by atoms with Crippen molar-refractivity contribution < 1.29 is 9.53 Å². The van der Waals surface area contributed by atoms with Crippen LogP contribution in [0.4, 0.5) is 5.82 Å². The minimum atomic E-state index is -0.642. The maximum Gasteiger partial charge on any atom is 0.266 e. The molecular formula is C12H12N4O2. The van der Waals surface area contributed by atoms with Crippen molar-refractivity contribution in [2.24, 2.45) is 0 Å². The van der Waals surface area contributed by atoms with Gasteiger partial charge in [0.05, 0.1) is 12.4 Å². The molecule has 1 amide bonds. The van der Waals surface area contributed by atoms with E-state index in [2.05, 4.69) is 20.3 Å². The van der Waals surface area contributed by atoms with E-state index in [0.717, 1.165) is 0 Å². The zero-order valence-electron chi connectivity index (χ0n) is 9.78. The molecular weight excluding hydrogens is 232 g/mol. The third kappa shape index (κ3) is 3.24. The minimum absolute atomic E-state index is 0.292. The average Bonchev–Trinajstić information content (AvgIpc) is 2.41. The van der Waals surface area contributed by atoms with Crippen LogP contribution in [-0.2, 0) is 4.79 Å². The number of rotatable bonds is 4. The van der Waals surface area contributed by atoms with Crippen molar-refractivity contribution in [2.75, 3.05) is 5.32 Å². The van der Waals surface area contributed by atoms with Gasteiger partial charge in [0.15, 0.2) is 11.9 Å². The normalized spacial score (nSPS) is 11.6. The standard InChI is InChI=1S/C12H12N4O2/c1-9(18-10-3-2-4-13-7-10)12(17)16-11-8-14-5-6-15-11/h2-9H,1H3,(H,15,16,17). The van der Waals surface area contributed by atoms with Crippen LogP contribution in [0.3, 0.4) is 0 Å². The molecule has 0 radical (unpaired) electrons. The van der Waals surface area contributed by atoms with Gasteiger partial charge in [0, 0.05) is 18.6 Å². The number of ether oxygens (including phenoxy) is 1. The van der Waals surface area contributed by atoms with Crippen LogP contribution in [0.5, 0.6) is 5.75 Å². The smallest absolute Gasteiger partial charge is 0.266 e. The number of aromatic nitrogens is 3. The Hall–Kier alpha value is -2.50. The van der Waals surface area contributed by atoms with E-state index in [4.69, 9.17) is 4.74 Å². The van der Waals surface area contributed by atoms with Crippen molar-refractivity contribution in [1.29, 1.82) is 0 Å². The Labute approximate surface area is 104 Å². The van der Waals surface area contributed by atoms with E-state index < -0.39 is 6.10 Å². The predicted molar refractivity (Wildman–Crippen MR) is 65.0 cm³/mol. The summed E-state index contributed by atoms with van der Waals surface area (Å²) in [4.78, 5) is 23.5. The average molecular weight is 244 g/mol. The fraction of sp³-hybridized carbons (Fsp3) is 0.167. The molecule has 0 saturated heterocycles. The zero-order chi connectivity index (χ0) is 12.8. The summed E-state index contributed by atoms with van der Waals surface area (Å²) in [5, 5.41) is 2.60. The quantitative estimate of drug-likeness (QED) is 0.876. The summed E-state index contributed by atoms with van der Waals surface area (Å²) in [6.07, 6.45) is 7.04. The van der Waals surface area contributed by atoms with E-state index in [1.165, 1.54) is 18.6 Å². The van der Waals surface area contributed by atoms with E-state index in [1.54, 1.807) is 31.5 Å². The van der Waals surface area contributed by atoms with Gasteiger partial charge in [-0.1, -0.05) is 0 Å². The Morgan fingerprint density at radius 2 is 2.11 bits per heavy atom. The molecule has 18 heavy (non-hydrogen) atoms. The highest BCUT2D eigenvalue weighted by atomic mass is 16.5. The summed E-state index contributed by atoms with van der Waals surface area (Å²) in [5.41, 5.74) is 0. The van der Waals surface area contributed by atoms with E-state index >= 15 is 0 Å². The van der Waals surface area contributed by atoms with Crippen LogP contribution in [0.15, 0.2) is 43.1 Å². The largest absolute Gasteiger partial charge is 0.479 e. The molecule has 2 aromatic rings. The van der Waals surface area contributed by atoms with Crippen LogP contribution in [0.2, 0.25) is 0 Å². The topological polar surface area (TPSA) is 77.0 Å². The number of carbonyl (C=O) groups excluding carboxylic acids is 1. The van der Waals surface area contributed by atoms with Crippen LogP contribution < -0.4 is 10.1 Å². The first-order chi connectivity index (χ1) is 8.75. The Morgan fingerprint density at radius 3 is 2.78 bits per heavy atom. The molecule has 6 heteroatoms. The van der Waals surface area contributed by atoms with Crippen molar-refractivity contribution >= 4 is 11.7 Å². The molecule has 0 fully saturated rings. The summed E-state index contributed by atoms with van der Waals surface area (Å²) in [6.45, 7) is 1.65. The third-order valence-corrected chi connectivity index (χ3v) is 2.13. The molecule has 0 saturated carbocycles. The number of anilines is 1. The van der Waals surface area contributed by atoms with Gasteiger partial charge in [-0.3, -0.25) is 14.8 Å². The monoisotopic (exact) mass is 244 g/mol. The highest BCUT2D eigenvalue weighted by Gasteiger charge is 2.15. The van der Waals surface area contributed by atoms with Crippen molar-refractivity contribution in [3.8, 4) is 5.75 Å². The number of nitrogens with one attached hydrogen (secondary N) is 1. The van der Waals surface area contributed by atoms with E-state index in [1.807, 2.05) is 0 Å². The Bertz CT molecular complexity index is 504. The van der Waals surface area contributed by atoms with Gasteiger partial charge in [0.1, 0.15) is 5.75 Å². The SMILES string of the molecule is CC(Oc1cccnc1)C(=O)Nc1cnccn1. The van der Waals surface area contributed by atoms with Gasteiger partial charge in [0.25, 0.3) is 5.91 Å². The van der Waals surface area contributed by atoms with Gasteiger partial charge < -0.3 is 10.1 Å². The van der Waals surface area contributed by atoms with Crippen LogP contribution >= 0.6 is 0 Å². The van der Waals surface area contributed by atoms with E-state index in [-0.39, 0.29) is 5.91 Å². The molecule has 0 aliphatic heterocycles. The van der Waals surface area contributed by atoms with Crippen molar-refractivity contribution in [3.05, 3.63) is 43.1 Å². The summed E-state index contributed by atoms with van der Waals surface area (Å²) in [6, 6.07) is 3.47. The first-order valence-electron chi connectivity index (χ1n) is 5.39. The summed E-state index contributed by atoms with van der Waals surface area (Å²) in [5.74, 6) is 0.641. The summed E-state index contributed by atoms with van der Waals surface area (Å²) >= 11 is 0. The molecule has 1 N–H and O–H groups in total. The molecule has 6 nitrogen and oxygen atoms in total. The second-order valence-corrected chi connectivity index (χ2v) is 3.53. The zero-order valence-corrected chi connectivity index (χ0v) is 9.78. The number of pyridine rings is 1. The lowest BCUT2D eigenvalue weighted by molar-refractivity contribution is -0.122. The van der Waals surface area contributed by atoms with Crippen LogP contribution in [-0.4, -0.2) is 27.0 Å². The fourth-order valence-corrected chi connectivity index (χ4v) is 1.27. The molecule has 0 spiro atoms. The second-order valence-electron chi connectivity index (χ2n) is 3.53. The number of hydrogen-bond donors (Lipinski definition) is 1. The van der Waals surface area contributed by atoms with Gasteiger partial charge in [0.2, 0.25) is 0 Å². The lowest BCUT2D eigenvalue weighted by Crippen LogP contribution is -2.30. The molecule has 1 atom stereocenters. The maximum absolute atomic E-state index is 11.8. The van der Waals surface area contributed by atoms with Gasteiger partial charge in [-0.2, -0.15) is 0 Å². The number of nitrogens with zero attached hydrogens (tertiary/aromatic N) is 3. The highest BCUT2D eigenvalue weighted by Crippen LogP contribution is 2.10.